The molecule has 1 amide bonds. The van der Waals surface area contributed by atoms with Crippen LogP contribution in [0.2, 0.25) is 0 Å². The number of aromatic amines is 1. The molecule has 2 heterocycles. The van der Waals surface area contributed by atoms with Crippen molar-refractivity contribution in [2.75, 3.05) is 18.4 Å². The zero-order valence-electron chi connectivity index (χ0n) is 10.8. The van der Waals surface area contributed by atoms with Crippen LogP contribution in [0.1, 0.15) is 6.92 Å². The molecule has 1 aliphatic heterocycles. The van der Waals surface area contributed by atoms with Gasteiger partial charge in [0.2, 0.25) is 5.91 Å². The van der Waals surface area contributed by atoms with Crippen molar-refractivity contribution in [2.45, 2.75) is 6.92 Å². The van der Waals surface area contributed by atoms with Gasteiger partial charge >= 0.3 is 0 Å². The topological polar surface area (TPSA) is 56.9 Å². The number of benzene rings is 1. The molecule has 1 saturated heterocycles. The highest BCUT2D eigenvalue weighted by Gasteiger charge is 2.28. The van der Waals surface area contributed by atoms with Crippen LogP contribution in [0.25, 0.3) is 10.9 Å². The molecule has 1 fully saturated rings. The molecule has 1 aromatic heterocycles. The van der Waals surface area contributed by atoms with Crippen molar-refractivity contribution in [3.05, 3.63) is 30.5 Å². The maximum Gasteiger partial charge on any atom is 0.227 e. The summed E-state index contributed by atoms with van der Waals surface area (Å²) in [6.07, 6.45) is 1.89. The zero-order valence-corrected chi connectivity index (χ0v) is 11.6. The molecule has 1 aromatic carbocycles. The Morgan fingerprint density at radius 3 is 2.84 bits per heavy atom. The standard InChI is InChI=1S/C14H17N3O.ClH/c1-9(10-7-15-8-10)14(18)17-13-4-2-3-12-11(13)5-6-16-12;/h2-6,9-10,15-16H,7-8H2,1H3,(H,17,18);1H. The largest absolute Gasteiger partial charge is 0.361 e. The van der Waals surface area contributed by atoms with Gasteiger partial charge in [0.15, 0.2) is 0 Å². The molecule has 3 rings (SSSR count). The fourth-order valence-corrected chi connectivity index (χ4v) is 2.32. The van der Waals surface area contributed by atoms with Crippen molar-refractivity contribution in [1.82, 2.24) is 10.3 Å². The minimum Gasteiger partial charge on any atom is -0.361 e. The van der Waals surface area contributed by atoms with Gasteiger partial charge < -0.3 is 15.6 Å². The first-order chi connectivity index (χ1) is 8.75. The number of hydrogen-bond donors (Lipinski definition) is 3. The summed E-state index contributed by atoms with van der Waals surface area (Å²) in [7, 11) is 0. The lowest BCUT2D eigenvalue weighted by Gasteiger charge is -2.31. The van der Waals surface area contributed by atoms with Crippen LogP contribution in [0.15, 0.2) is 30.5 Å². The quantitative estimate of drug-likeness (QED) is 0.808. The van der Waals surface area contributed by atoms with Gasteiger partial charge in [0.1, 0.15) is 0 Å². The van der Waals surface area contributed by atoms with Gasteiger partial charge in [-0.15, -0.1) is 12.4 Å². The third-order valence-electron chi connectivity index (χ3n) is 3.79. The number of anilines is 1. The number of hydrogen-bond acceptors (Lipinski definition) is 2. The Kier molecular flexibility index (Phi) is 4.12. The summed E-state index contributed by atoms with van der Waals surface area (Å²) < 4.78 is 0. The van der Waals surface area contributed by atoms with E-state index in [0.29, 0.717) is 5.92 Å². The number of aromatic nitrogens is 1. The van der Waals surface area contributed by atoms with E-state index >= 15 is 0 Å². The first-order valence-electron chi connectivity index (χ1n) is 6.33. The summed E-state index contributed by atoms with van der Waals surface area (Å²) in [5, 5.41) is 7.29. The minimum atomic E-state index is 0. The molecule has 0 saturated carbocycles. The molecule has 0 spiro atoms. The Labute approximate surface area is 118 Å². The predicted molar refractivity (Wildman–Crippen MR) is 79.7 cm³/mol. The molecule has 1 aliphatic rings. The van der Waals surface area contributed by atoms with E-state index < -0.39 is 0 Å². The van der Waals surface area contributed by atoms with Crippen LogP contribution in [0.4, 0.5) is 5.69 Å². The highest BCUT2D eigenvalue weighted by molar-refractivity contribution is 6.02. The number of H-pyrrole nitrogens is 1. The van der Waals surface area contributed by atoms with Crippen molar-refractivity contribution in [2.24, 2.45) is 11.8 Å². The molecule has 102 valence electrons. The molecule has 0 aliphatic carbocycles. The smallest absolute Gasteiger partial charge is 0.227 e. The molecule has 0 bridgehead atoms. The van der Waals surface area contributed by atoms with Gasteiger partial charge in [-0.05, 0) is 37.2 Å². The fourth-order valence-electron chi connectivity index (χ4n) is 2.32. The second kappa shape index (κ2) is 5.63. The van der Waals surface area contributed by atoms with Crippen LogP contribution in [0, 0.1) is 11.8 Å². The van der Waals surface area contributed by atoms with Crippen molar-refractivity contribution in [1.29, 1.82) is 0 Å². The lowest BCUT2D eigenvalue weighted by atomic mass is 9.88. The first-order valence-corrected chi connectivity index (χ1v) is 6.33. The van der Waals surface area contributed by atoms with Gasteiger partial charge in [-0.3, -0.25) is 4.79 Å². The Hall–Kier alpha value is -1.52. The molecule has 2 aromatic rings. The van der Waals surface area contributed by atoms with Gasteiger partial charge in [-0.25, -0.2) is 0 Å². The maximum atomic E-state index is 12.2. The summed E-state index contributed by atoms with van der Waals surface area (Å²) in [4.78, 5) is 15.3. The number of rotatable bonds is 3. The van der Waals surface area contributed by atoms with Gasteiger partial charge in [0.25, 0.3) is 0 Å². The van der Waals surface area contributed by atoms with E-state index in [1.54, 1.807) is 0 Å². The lowest BCUT2D eigenvalue weighted by Crippen LogP contribution is -2.48. The van der Waals surface area contributed by atoms with Crippen molar-refractivity contribution in [3.63, 3.8) is 0 Å². The Balaban J connectivity index is 0.00000133. The van der Waals surface area contributed by atoms with Crippen molar-refractivity contribution in [3.8, 4) is 0 Å². The van der Waals surface area contributed by atoms with Crippen LogP contribution in [-0.4, -0.2) is 24.0 Å². The number of nitrogens with one attached hydrogen (secondary N) is 3. The molecule has 1 unspecified atom stereocenters. The third kappa shape index (κ3) is 2.60. The first kappa shape index (κ1) is 13.9. The number of fused-ring (bicyclic) bond motifs is 1. The summed E-state index contributed by atoms with van der Waals surface area (Å²) >= 11 is 0. The van der Waals surface area contributed by atoms with Gasteiger partial charge in [0.05, 0.1) is 5.69 Å². The summed E-state index contributed by atoms with van der Waals surface area (Å²) in [5.41, 5.74) is 1.93. The summed E-state index contributed by atoms with van der Waals surface area (Å²) in [6, 6.07) is 7.88. The SMILES string of the molecule is CC(C(=O)Nc1cccc2[nH]ccc12)C1CNC1.Cl. The molecular weight excluding hydrogens is 262 g/mol. The minimum absolute atomic E-state index is 0. The average molecular weight is 280 g/mol. The maximum absolute atomic E-state index is 12.2. The van der Waals surface area contributed by atoms with E-state index in [1.165, 1.54) is 0 Å². The predicted octanol–water partition coefficient (Wildman–Crippen LogP) is 2.38. The van der Waals surface area contributed by atoms with Crippen LogP contribution in [0.5, 0.6) is 0 Å². The molecule has 1 atom stereocenters. The van der Waals surface area contributed by atoms with Gasteiger partial charge in [-0.2, -0.15) is 0 Å². The second-order valence-electron chi connectivity index (χ2n) is 4.94. The summed E-state index contributed by atoms with van der Waals surface area (Å²) in [6.45, 7) is 3.89. The van der Waals surface area contributed by atoms with E-state index in [0.717, 1.165) is 29.7 Å². The molecule has 0 radical (unpaired) electrons. The fraction of sp³-hybridized carbons (Fsp3) is 0.357. The number of amides is 1. The second-order valence-corrected chi connectivity index (χ2v) is 4.94. The highest BCUT2D eigenvalue weighted by Crippen LogP contribution is 2.24. The highest BCUT2D eigenvalue weighted by atomic mass is 35.5. The lowest BCUT2D eigenvalue weighted by molar-refractivity contribution is -0.121. The van der Waals surface area contributed by atoms with Gasteiger partial charge in [-0.1, -0.05) is 13.0 Å². The molecule has 4 nitrogen and oxygen atoms in total. The van der Waals surface area contributed by atoms with Crippen LogP contribution >= 0.6 is 12.4 Å². The molecular formula is C14H18ClN3O. The zero-order chi connectivity index (χ0) is 12.5. The van der Waals surface area contributed by atoms with Crippen molar-refractivity contribution >= 4 is 34.9 Å². The van der Waals surface area contributed by atoms with E-state index in [-0.39, 0.29) is 24.2 Å². The van der Waals surface area contributed by atoms with E-state index in [9.17, 15) is 4.79 Å². The normalized spacial score (nSPS) is 16.5. The molecule has 5 heteroatoms. The van der Waals surface area contributed by atoms with Crippen LogP contribution in [-0.2, 0) is 4.79 Å². The van der Waals surface area contributed by atoms with E-state index in [2.05, 4.69) is 15.6 Å². The Morgan fingerprint density at radius 2 is 2.16 bits per heavy atom. The molecule has 19 heavy (non-hydrogen) atoms. The Morgan fingerprint density at radius 1 is 1.37 bits per heavy atom. The number of halogens is 1. The average Bonchev–Trinajstić information content (AvgIpc) is 2.75. The summed E-state index contributed by atoms with van der Waals surface area (Å²) in [5.74, 6) is 0.631. The number of carbonyl (C=O) groups is 1. The van der Waals surface area contributed by atoms with E-state index in [1.807, 2.05) is 37.4 Å². The monoisotopic (exact) mass is 279 g/mol. The third-order valence-corrected chi connectivity index (χ3v) is 3.79. The number of carbonyl (C=O) groups excluding carboxylic acids is 1. The molecule has 3 N–H and O–H groups in total. The van der Waals surface area contributed by atoms with Crippen LogP contribution in [0.3, 0.4) is 0 Å². The van der Waals surface area contributed by atoms with Crippen molar-refractivity contribution < 1.29 is 4.79 Å². The van der Waals surface area contributed by atoms with Crippen LogP contribution < -0.4 is 10.6 Å². The Bertz CT molecular complexity index is 577. The van der Waals surface area contributed by atoms with Gasteiger partial charge in [0, 0.05) is 23.0 Å². The van der Waals surface area contributed by atoms with E-state index in [4.69, 9.17) is 0 Å².